The summed E-state index contributed by atoms with van der Waals surface area (Å²) in [7, 11) is 0. The van der Waals surface area contributed by atoms with Crippen molar-refractivity contribution >= 4 is 17.6 Å². The summed E-state index contributed by atoms with van der Waals surface area (Å²) in [6, 6.07) is 13.6. The van der Waals surface area contributed by atoms with Crippen LogP contribution in [0.4, 0.5) is 5.69 Å². The number of amides is 1. The van der Waals surface area contributed by atoms with Crippen LogP contribution in [0.5, 0.6) is 0 Å². The first-order chi connectivity index (χ1) is 12.0. The number of benzene rings is 2. The van der Waals surface area contributed by atoms with Crippen molar-refractivity contribution in [3.05, 3.63) is 75.8 Å². The maximum Gasteiger partial charge on any atom is 0.328 e. The minimum absolute atomic E-state index is 0.108. The molecule has 2 aromatic carbocycles. The maximum absolute atomic E-state index is 12.4. The van der Waals surface area contributed by atoms with Gasteiger partial charge >= 0.3 is 5.97 Å². The largest absolute Gasteiger partial charge is 0.464 e. The second-order valence-corrected chi connectivity index (χ2v) is 5.28. The molecule has 7 heteroatoms. The molecule has 1 unspecified atom stereocenters. The number of nitrogens with one attached hydrogen (secondary N) is 1. The van der Waals surface area contributed by atoms with Crippen LogP contribution in [0.1, 0.15) is 22.8 Å². The van der Waals surface area contributed by atoms with E-state index in [-0.39, 0.29) is 24.3 Å². The predicted molar refractivity (Wildman–Crippen MR) is 91.1 cm³/mol. The highest BCUT2D eigenvalue weighted by Crippen LogP contribution is 2.14. The van der Waals surface area contributed by atoms with Gasteiger partial charge in [0, 0.05) is 24.1 Å². The van der Waals surface area contributed by atoms with E-state index in [4.69, 9.17) is 4.74 Å². The van der Waals surface area contributed by atoms with E-state index >= 15 is 0 Å². The van der Waals surface area contributed by atoms with E-state index in [1.807, 2.05) is 30.3 Å². The smallest absolute Gasteiger partial charge is 0.328 e. The fraction of sp³-hybridized carbons (Fsp3) is 0.222. The van der Waals surface area contributed by atoms with Gasteiger partial charge < -0.3 is 10.1 Å². The Bertz CT molecular complexity index is 761. The van der Waals surface area contributed by atoms with Crippen LogP contribution in [0.25, 0.3) is 0 Å². The molecule has 0 fully saturated rings. The van der Waals surface area contributed by atoms with Crippen LogP contribution in [0, 0.1) is 10.1 Å². The molecule has 0 bridgehead atoms. The molecule has 7 nitrogen and oxygen atoms in total. The van der Waals surface area contributed by atoms with Crippen LogP contribution >= 0.6 is 0 Å². The van der Waals surface area contributed by atoms with Gasteiger partial charge in [-0.1, -0.05) is 36.4 Å². The number of rotatable bonds is 7. The lowest BCUT2D eigenvalue weighted by Crippen LogP contribution is -2.43. The minimum Gasteiger partial charge on any atom is -0.464 e. The van der Waals surface area contributed by atoms with Crippen LogP contribution in [0.15, 0.2) is 54.6 Å². The first-order valence-electron chi connectivity index (χ1n) is 7.77. The van der Waals surface area contributed by atoms with Crippen molar-refractivity contribution < 1.29 is 19.2 Å². The molecule has 0 saturated carbocycles. The van der Waals surface area contributed by atoms with Gasteiger partial charge in [0.05, 0.1) is 11.5 Å². The fourth-order valence-electron chi connectivity index (χ4n) is 2.29. The van der Waals surface area contributed by atoms with Crippen molar-refractivity contribution in [2.75, 3.05) is 6.61 Å². The third kappa shape index (κ3) is 5.13. The molecule has 1 atom stereocenters. The monoisotopic (exact) mass is 342 g/mol. The van der Waals surface area contributed by atoms with Crippen LogP contribution in [-0.2, 0) is 16.0 Å². The molecule has 0 heterocycles. The maximum atomic E-state index is 12.4. The summed E-state index contributed by atoms with van der Waals surface area (Å²) < 4.78 is 5.01. The minimum atomic E-state index is -0.880. The third-order valence-corrected chi connectivity index (χ3v) is 3.48. The highest BCUT2D eigenvalue weighted by Gasteiger charge is 2.23. The molecular formula is C18H18N2O5. The number of ether oxygens (including phenoxy) is 1. The van der Waals surface area contributed by atoms with Crippen LogP contribution in [0.2, 0.25) is 0 Å². The van der Waals surface area contributed by atoms with E-state index in [1.54, 1.807) is 6.92 Å². The summed E-state index contributed by atoms with van der Waals surface area (Å²) in [4.78, 5) is 34.8. The first-order valence-corrected chi connectivity index (χ1v) is 7.77. The van der Waals surface area contributed by atoms with Gasteiger partial charge in [-0.3, -0.25) is 14.9 Å². The van der Waals surface area contributed by atoms with E-state index in [2.05, 4.69) is 5.32 Å². The molecule has 1 amide bonds. The van der Waals surface area contributed by atoms with Gasteiger partial charge in [0.2, 0.25) is 0 Å². The van der Waals surface area contributed by atoms with Crippen molar-refractivity contribution in [1.82, 2.24) is 5.32 Å². The number of non-ortho nitro benzene ring substituents is 1. The quantitative estimate of drug-likeness (QED) is 0.473. The standard InChI is InChI=1S/C18H18N2O5/c1-2-25-18(22)16(11-13-7-4-3-5-8-13)19-17(21)14-9-6-10-15(12-14)20(23)24/h3-10,12,16H,2,11H2,1H3,(H,19,21). The predicted octanol–water partition coefficient (Wildman–Crippen LogP) is 2.50. The first kappa shape index (κ1) is 18.1. The summed E-state index contributed by atoms with van der Waals surface area (Å²) >= 11 is 0. The summed E-state index contributed by atoms with van der Waals surface area (Å²) in [5.74, 6) is -1.12. The highest BCUT2D eigenvalue weighted by atomic mass is 16.6. The topological polar surface area (TPSA) is 98.5 Å². The van der Waals surface area contributed by atoms with Gasteiger partial charge in [-0.25, -0.2) is 4.79 Å². The number of hydrogen-bond donors (Lipinski definition) is 1. The van der Waals surface area contributed by atoms with Gasteiger partial charge in [-0.05, 0) is 18.6 Å². The van der Waals surface area contributed by atoms with Crippen molar-refractivity contribution in [3.63, 3.8) is 0 Å². The molecule has 0 saturated heterocycles. The lowest BCUT2D eigenvalue weighted by molar-refractivity contribution is -0.384. The molecule has 0 aliphatic carbocycles. The van der Waals surface area contributed by atoms with Crippen LogP contribution < -0.4 is 5.32 Å². The van der Waals surface area contributed by atoms with E-state index in [9.17, 15) is 19.7 Å². The van der Waals surface area contributed by atoms with Crippen LogP contribution in [-0.4, -0.2) is 29.4 Å². The normalized spacial score (nSPS) is 11.4. The summed E-state index contributed by atoms with van der Waals surface area (Å²) in [6.45, 7) is 1.87. The Balaban J connectivity index is 2.17. The molecule has 25 heavy (non-hydrogen) atoms. The van der Waals surface area contributed by atoms with Gasteiger partial charge in [0.1, 0.15) is 6.04 Å². The SMILES string of the molecule is CCOC(=O)C(Cc1ccccc1)NC(=O)c1cccc([N+](=O)[O-])c1. The number of nitro groups is 1. The van der Waals surface area contributed by atoms with Crippen molar-refractivity contribution in [3.8, 4) is 0 Å². The second kappa shape index (κ2) is 8.58. The number of carbonyl (C=O) groups is 2. The van der Waals surface area contributed by atoms with Gasteiger partial charge in [-0.2, -0.15) is 0 Å². The fourth-order valence-corrected chi connectivity index (χ4v) is 2.29. The van der Waals surface area contributed by atoms with Crippen LogP contribution in [0.3, 0.4) is 0 Å². The Labute approximate surface area is 144 Å². The molecule has 0 aromatic heterocycles. The van der Waals surface area contributed by atoms with Crippen molar-refractivity contribution in [2.45, 2.75) is 19.4 Å². The zero-order chi connectivity index (χ0) is 18.2. The number of esters is 1. The molecule has 130 valence electrons. The molecule has 2 aromatic rings. The molecule has 0 spiro atoms. The Hall–Kier alpha value is -3.22. The van der Waals surface area contributed by atoms with Crippen molar-refractivity contribution in [2.24, 2.45) is 0 Å². The lowest BCUT2D eigenvalue weighted by Gasteiger charge is -2.17. The summed E-state index contributed by atoms with van der Waals surface area (Å²) in [6.07, 6.45) is 0.264. The zero-order valence-electron chi connectivity index (χ0n) is 13.7. The van der Waals surface area contributed by atoms with Crippen molar-refractivity contribution in [1.29, 1.82) is 0 Å². The number of hydrogen-bond acceptors (Lipinski definition) is 5. The second-order valence-electron chi connectivity index (χ2n) is 5.28. The van der Waals surface area contributed by atoms with E-state index < -0.39 is 22.8 Å². The molecule has 0 aliphatic heterocycles. The number of nitro benzene ring substituents is 1. The van der Waals surface area contributed by atoms with Gasteiger partial charge in [0.15, 0.2) is 0 Å². The number of carbonyl (C=O) groups excluding carboxylic acids is 2. The Morgan fingerprint density at radius 2 is 1.88 bits per heavy atom. The van der Waals surface area contributed by atoms with E-state index in [0.717, 1.165) is 5.56 Å². The van der Waals surface area contributed by atoms with E-state index in [1.165, 1.54) is 24.3 Å². The Morgan fingerprint density at radius 3 is 2.52 bits per heavy atom. The number of nitrogens with zero attached hydrogens (tertiary/aromatic N) is 1. The average Bonchev–Trinajstić information content (AvgIpc) is 2.62. The summed E-state index contributed by atoms with van der Waals surface area (Å²) in [5, 5.41) is 13.4. The Kier molecular flexibility index (Phi) is 6.22. The third-order valence-electron chi connectivity index (χ3n) is 3.48. The zero-order valence-corrected chi connectivity index (χ0v) is 13.7. The van der Waals surface area contributed by atoms with Gasteiger partial charge in [0.25, 0.3) is 11.6 Å². The molecule has 0 aliphatic rings. The lowest BCUT2D eigenvalue weighted by atomic mass is 10.1. The Morgan fingerprint density at radius 1 is 1.16 bits per heavy atom. The molecule has 1 N–H and O–H groups in total. The molecular weight excluding hydrogens is 324 g/mol. The van der Waals surface area contributed by atoms with E-state index in [0.29, 0.717) is 0 Å². The molecule has 0 radical (unpaired) electrons. The average molecular weight is 342 g/mol. The molecule has 2 rings (SSSR count). The van der Waals surface area contributed by atoms with Gasteiger partial charge in [-0.15, -0.1) is 0 Å². The highest BCUT2D eigenvalue weighted by molar-refractivity contribution is 5.97. The summed E-state index contributed by atoms with van der Waals surface area (Å²) in [5.41, 5.74) is 0.778.